The summed E-state index contributed by atoms with van der Waals surface area (Å²) in [5, 5.41) is 4.56. The zero-order valence-electron chi connectivity index (χ0n) is 17.0. The molecule has 162 valence electrons. The maximum atomic E-state index is 12.8. The van der Waals surface area contributed by atoms with Gasteiger partial charge < -0.3 is 10.1 Å². The molecular formula is C22H22N2O5S2. The maximum Gasteiger partial charge on any atom is 0.338 e. The van der Waals surface area contributed by atoms with Crippen molar-refractivity contribution >= 4 is 38.9 Å². The number of rotatable bonds is 8. The SMILES string of the molecule is Cc1cccc(NS(=O)(=O)c2cc(C(=O)OCC(=O)NCc3cccs3)ccc2C)c1. The smallest absolute Gasteiger partial charge is 0.338 e. The predicted molar refractivity (Wildman–Crippen MR) is 120 cm³/mol. The van der Waals surface area contributed by atoms with Gasteiger partial charge in [-0.25, -0.2) is 13.2 Å². The summed E-state index contributed by atoms with van der Waals surface area (Å²) < 4.78 is 33.3. The van der Waals surface area contributed by atoms with Gasteiger partial charge in [0, 0.05) is 10.6 Å². The first-order valence-corrected chi connectivity index (χ1v) is 11.8. The number of carbonyl (C=O) groups excluding carboxylic acids is 2. The van der Waals surface area contributed by atoms with E-state index in [2.05, 4.69) is 10.0 Å². The van der Waals surface area contributed by atoms with E-state index in [9.17, 15) is 18.0 Å². The number of nitrogens with one attached hydrogen (secondary N) is 2. The van der Waals surface area contributed by atoms with Gasteiger partial charge in [0.05, 0.1) is 17.0 Å². The van der Waals surface area contributed by atoms with Crippen LogP contribution in [0.15, 0.2) is 64.9 Å². The van der Waals surface area contributed by atoms with E-state index in [1.165, 1.54) is 29.5 Å². The van der Waals surface area contributed by atoms with Gasteiger partial charge in [0.2, 0.25) is 0 Å². The van der Waals surface area contributed by atoms with Crippen LogP contribution in [0.25, 0.3) is 0 Å². The van der Waals surface area contributed by atoms with E-state index in [1.54, 1.807) is 25.1 Å². The fourth-order valence-electron chi connectivity index (χ4n) is 2.80. The molecule has 3 rings (SSSR count). The van der Waals surface area contributed by atoms with Crippen LogP contribution < -0.4 is 10.0 Å². The Morgan fingerprint density at radius 2 is 1.84 bits per heavy atom. The van der Waals surface area contributed by atoms with Gasteiger partial charge in [0.15, 0.2) is 6.61 Å². The summed E-state index contributed by atoms with van der Waals surface area (Å²) in [6, 6.07) is 15.0. The molecule has 0 unspecified atom stereocenters. The van der Waals surface area contributed by atoms with Crippen molar-refractivity contribution in [2.45, 2.75) is 25.3 Å². The van der Waals surface area contributed by atoms with Crippen molar-refractivity contribution < 1.29 is 22.7 Å². The van der Waals surface area contributed by atoms with E-state index in [-0.39, 0.29) is 10.5 Å². The molecule has 0 fully saturated rings. The number of carbonyl (C=O) groups is 2. The van der Waals surface area contributed by atoms with Gasteiger partial charge in [0.25, 0.3) is 15.9 Å². The number of hydrogen-bond acceptors (Lipinski definition) is 6. The molecule has 0 bridgehead atoms. The van der Waals surface area contributed by atoms with Crippen LogP contribution in [0.2, 0.25) is 0 Å². The summed E-state index contributed by atoms with van der Waals surface area (Å²) in [6.45, 7) is 3.39. The Morgan fingerprint density at radius 1 is 1.03 bits per heavy atom. The lowest BCUT2D eigenvalue weighted by Crippen LogP contribution is -2.28. The average molecular weight is 459 g/mol. The van der Waals surface area contributed by atoms with E-state index in [0.717, 1.165) is 10.4 Å². The Labute approximate surface area is 185 Å². The highest BCUT2D eigenvalue weighted by molar-refractivity contribution is 7.92. The normalized spacial score (nSPS) is 11.0. The van der Waals surface area contributed by atoms with Crippen molar-refractivity contribution in [2.75, 3.05) is 11.3 Å². The molecule has 0 saturated heterocycles. The van der Waals surface area contributed by atoms with Gasteiger partial charge in [-0.05, 0) is 60.7 Å². The van der Waals surface area contributed by atoms with Crippen molar-refractivity contribution in [3.05, 3.63) is 81.5 Å². The third-order valence-electron chi connectivity index (χ3n) is 4.36. The minimum atomic E-state index is -3.92. The molecule has 7 nitrogen and oxygen atoms in total. The maximum absolute atomic E-state index is 12.8. The summed E-state index contributed by atoms with van der Waals surface area (Å²) in [6.07, 6.45) is 0. The molecule has 0 aliphatic heterocycles. The topological polar surface area (TPSA) is 102 Å². The van der Waals surface area contributed by atoms with Crippen LogP contribution in [0.3, 0.4) is 0 Å². The first-order valence-electron chi connectivity index (χ1n) is 9.41. The second-order valence-corrected chi connectivity index (χ2v) is 9.57. The Balaban J connectivity index is 1.66. The number of ether oxygens (including phenoxy) is 1. The number of esters is 1. The van der Waals surface area contributed by atoms with Crippen LogP contribution in [-0.4, -0.2) is 26.9 Å². The third-order valence-corrected chi connectivity index (χ3v) is 6.76. The Kier molecular flexibility index (Phi) is 7.09. The Morgan fingerprint density at radius 3 is 2.55 bits per heavy atom. The summed E-state index contributed by atoms with van der Waals surface area (Å²) in [7, 11) is -3.92. The molecule has 31 heavy (non-hydrogen) atoms. The number of anilines is 1. The van der Waals surface area contributed by atoms with Crippen molar-refractivity contribution in [3.8, 4) is 0 Å². The van der Waals surface area contributed by atoms with Crippen LogP contribution in [0.5, 0.6) is 0 Å². The Bertz CT molecular complexity index is 1190. The lowest BCUT2D eigenvalue weighted by Gasteiger charge is -2.12. The molecule has 0 saturated carbocycles. The molecule has 2 N–H and O–H groups in total. The lowest BCUT2D eigenvalue weighted by atomic mass is 10.1. The zero-order valence-corrected chi connectivity index (χ0v) is 18.7. The molecule has 0 spiro atoms. The minimum absolute atomic E-state index is 0.0365. The second-order valence-electron chi connectivity index (χ2n) is 6.89. The van der Waals surface area contributed by atoms with Crippen LogP contribution in [0.1, 0.15) is 26.4 Å². The molecule has 0 atom stereocenters. The van der Waals surface area contributed by atoms with E-state index < -0.39 is 28.5 Å². The number of benzene rings is 2. The van der Waals surface area contributed by atoms with Gasteiger partial charge in [-0.1, -0.05) is 24.3 Å². The average Bonchev–Trinajstić information content (AvgIpc) is 3.24. The Hall–Kier alpha value is -3.17. The van der Waals surface area contributed by atoms with E-state index >= 15 is 0 Å². The predicted octanol–water partition coefficient (Wildman–Crippen LogP) is 3.64. The molecule has 1 amide bonds. The van der Waals surface area contributed by atoms with Crippen LogP contribution in [-0.2, 0) is 26.1 Å². The van der Waals surface area contributed by atoms with Crippen LogP contribution >= 0.6 is 11.3 Å². The summed E-state index contributed by atoms with van der Waals surface area (Å²) in [4.78, 5) is 25.2. The first kappa shape index (κ1) is 22.5. The molecule has 1 aromatic heterocycles. The van der Waals surface area contributed by atoms with Crippen LogP contribution in [0, 0.1) is 13.8 Å². The largest absolute Gasteiger partial charge is 0.452 e. The van der Waals surface area contributed by atoms with Crippen molar-refractivity contribution in [1.29, 1.82) is 0 Å². The van der Waals surface area contributed by atoms with Gasteiger partial charge in [-0.3, -0.25) is 9.52 Å². The molecule has 2 aromatic carbocycles. The molecule has 3 aromatic rings. The van der Waals surface area contributed by atoms with Crippen LogP contribution in [0.4, 0.5) is 5.69 Å². The van der Waals surface area contributed by atoms with E-state index in [4.69, 9.17) is 4.74 Å². The second kappa shape index (κ2) is 9.76. The van der Waals surface area contributed by atoms with Crippen molar-refractivity contribution in [1.82, 2.24) is 5.32 Å². The molecule has 9 heteroatoms. The lowest BCUT2D eigenvalue weighted by molar-refractivity contribution is -0.124. The monoisotopic (exact) mass is 458 g/mol. The van der Waals surface area contributed by atoms with Gasteiger partial charge in [0.1, 0.15) is 0 Å². The number of hydrogen-bond donors (Lipinski definition) is 2. The number of aryl methyl sites for hydroxylation is 2. The van der Waals surface area contributed by atoms with Crippen molar-refractivity contribution in [3.63, 3.8) is 0 Å². The summed E-state index contributed by atoms with van der Waals surface area (Å²) >= 11 is 1.51. The first-order chi connectivity index (χ1) is 14.7. The number of thiophene rings is 1. The molecule has 0 aliphatic carbocycles. The quantitative estimate of drug-likeness (QED) is 0.502. The van der Waals surface area contributed by atoms with Gasteiger partial charge in [-0.15, -0.1) is 11.3 Å². The molecule has 0 radical (unpaired) electrons. The third kappa shape index (κ3) is 6.16. The summed E-state index contributed by atoms with van der Waals surface area (Å²) in [5.41, 5.74) is 1.85. The van der Waals surface area contributed by atoms with Gasteiger partial charge >= 0.3 is 5.97 Å². The van der Waals surface area contributed by atoms with E-state index in [1.807, 2.05) is 30.5 Å². The fourth-order valence-corrected chi connectivity index (χ4v) is 4.77. The molecule has 0 aliphatic rings. The molecule has 1 heterocycles. The fraction of sp³-hybridized carbons (Fsp3) is 0.182. The molecular weight excluding hydrogens is 436 g/mol. The van der Waals surface area contributed by atoms with E-state index in [0.29, 0.717) is 17.8 Å². The van der Waals surface area contributed by atoms with Crippen molar-refractivity contribution in [2.24, 2.45) is 0 Å². The zero-order chi connectivity index (χ0) is 22.4. The van der Waals surface area contributed by atoms with Gasteiger partial charge in [-0.2, -0.15) is 0 Å². The standard InChI is InChI=1S/C22H22N2O5S2/c1-15-5-3-6-18(11-15)24-31(27,28)20-12-17(9-8-16(20)2)22(26)29-14-21(25)23-13-19-7-4-10-30-19/h3-12,24H,13-14H2,1-2H3,(H,23,25). The number of sulfonamides is 1. The minimum Gasteiger partial charge on any atom is -0.452 e. The highest BCUT2D eigenvalue weighted by Crippen LogP contribution is 2.22. The highest BCUT2D eigenvalue weighted by atomic mass is 32.2. The number of amides is 1. The summed E-state index contributed by atoms with van der Waals surface area (Å²) in [5.74, 6) is -1.22. The highest BCUT2D eigenvalue weighted by Gasteiger charge is 2.20.